The van der Waals surface area contributed by atoms with Crippen LogP contribution in [-0.4, -0.2) is 25.8 Å². The van der Waals surface area contributed by atoms with Crippen LogP contribution in [0.3, 0.4) is 0 Å². The van der Waals surface area contributed by atoms with E-state index in [1.165, 1.54) is 0 Å². The smallest absolute Gasteiger partial charge is 0.314 e. The molecule has 0 unspecified atom stereocenters. The van der Waals surface area contributed by atoms with Gasteiger partial charge in [0.1, 0.15) is 11.5 Å². The van der Waals surface area contributed by atoms with E-state index >= 15 is 0 Å². The third kappa shape index (κ3) is 5.38. The highest BCUT2D eigenvalue weighted by Crippen LogP contribution is 2.23. The van der Waals surface area contributed by atoms with Crippen molar-refractivity contribution in [3.63, 3.8) is 0 Å². The second-order valence-electron chi connectivity index (χ2n) is 5.81. The average molecular weight is 292 g/mol. The molecular weight excluding hydrogens is 268 g/mol. The molecule has 4 nitrogen and oxygen atoms in total. The molecule has 0 saturated carbocycles. The van der Waals surface area contributed by atoms with Gasteiger partial charge in [-0.3, -0.25) is 4.79 Å². The highest BCUT2D eigenvalue weighted by molar-refractivity contribution is 5.75. The molecule has 1 saturated heterocycles. The van der Waals surface area contributed by atoms with Crippen molar-refractivity contribution in [3.8, 4) is 11.5 Å². The highest BCUT2D eigenvalue weighted by Gasteiger charge is 2.23. The van der Waals surface area contributed by atoms with Gasteiger partial charge in [-0.25, -0.2) is 0 Å². The first kappa shape index (κ1) is 15.8. The van der Waals surface area contributed by atoms with Crippen molar-refractivity contribution in [2.75, 3.05) is 19.8 Å². The maximum atomic E-state index is 12.1. The van der Waals surface area contributed by atoms with Crippen molar-refractivity contribution in [1.29, 1.82) is 0 Å². The Bertz CT molecular complexity index is 450. The molecule has 1 aromatic rings. The molecule has 0 radical (unpaired) electrons. The quantitative estimate of drug-likeness (QED) is 0.595. The van der Waals surface area contributed by atoms with Crippen molar-refractivity contribution >= 4 is 5.97 Å². The standard InChI is InChI=1S/C17H24O4/c1-13(2)6-11-20-15-4-3-5-16(12-15)21-17(18)14-7-9-19-10-8-14/h3-5,12-14H,6-11H2,1-2H3. The van der Waals surface area contributed by atoms with Gasteiger partial charge < -0.3 is 14.2 Å². The number of ether oxygens (including phenoxy) is 3. The third-order valence-electron chi connectivity index (χ3n) is 3.54. The maximum Gasteiger partial charge on any atom is 0.314 e. The van der Waals surface area contributed by atoms with Crippen LogP contribution in [0.25, 0.3) is 0 Å². The number of carbonyl (C=O) groups excluding carboxylic acids is 1. The van der Waals surface area contributed by atoms with Crippen LogP contribution in [-0.2, 0) is 9.53 Å². The minimum Gasteiger partial charge on any atom is -0.493 e. The van der Waals surface area contributed by atoms with Gasteiger partial charge in [0.05, 0.1) is 12.5 Å². The predicted octanol–water partition coefficient (Wildman–Crippen LogP) is 3.44. The first-order valence-corrected chi connectivity index (χ1v) is 7.67. The van der Waals surface area contributed by atoms with Gasteiger partial charge in [-0.05, 0) is 37.3 Å². The largest absolute Gasteiger partial charge is 0.493 e. The van der Waals surface area contributed by atoms with Gasteiger partial charge in [0.25, 0.3) is 0 Å². The number of carbonyl (C=O) groups is 1. The van der Waals surface area contributed by atoms with E-state index in [-0.39, 0.29) is 11.9 Å². The highest BCUT2D eigenvalue weighted by atomic mass is 16.5. The van der Waals surface area contributed by atoms with Crippen LogP contribution >= 0.6 is 0 Å². The van der Waals surface area contributed by atoms with E-state index in [1.54, 1.807) is 12.1 Å². The molecule has 1 aliphatic heterocycles. The zero-order valence-electron chi connectivity index (χ0n) is 12.8. The molecule has 0 aromatic heterocycles. The second kappa shape index (κ2) is 8.03. The number of rotatable bonds is 6. The van der Waals surface area contributed by atoms with Crippen LogP contribution in [0.5, 0.6) is 11.5 Å². The van der Waals surface area contributed by atoms with Crippen LogP contribution in [0.15, 0.2) is 24.3 Å². The molecule has 0 atom stereocenters. The Morgan fingerprint density at radius 2 is 2.00 bits per heavy atom. The number of hydrogen-bond acceptors (Lipinski definition) is 4. The summed E-state index contributed by atoms with van der Waals surface area (Å²) in [5, 5.41) is 0. The molecule has 1 aromatic carbocycles. The Morgan fingerprint density at radius 1 is 1.29 bits per heavy atom. The second-order valence-corrected chi connectivity index (χ2v) is 5.81. The normalized spacial score (nSPS) is 16.0. The zero-order valence-corrected chi connectivity index (χ0v) is 12.8. The minimum atomic E-state index is -0.169. The lowest BCUT2D eigenvalue weighted by Gasteiger charge is -2.20. The molecular formula is C17H24O4. The Labute approximate surface area is 126 Å². The van der Waals surface area contributed by atoms with E-state index in [9.17, 15) is 4.79 Å². The van der Waals surface area contributed by atoms with Gasteiger partial charge in [0.2, 0.25) is 0 Å². The first-order valence-electron chi connectivity index (χ1n) is 7.67. The van der Waals surface area contributed by atoms with E-state index in [2.05, 4.69) is 13.8 Å². The summed E-state index contributed by atoms with van der Waals surface area (Å²) in [5.74, 6) is 1.68. The summed E-state index contributed by atoms with van der Waals surface area (Å²) in [6, 6.07) is 7.29. The lowest BCUT2D eigenvalue weighted by atomic mass is 10.0. The Morgan fingerprint density at radius 3 is 2.71 bits per heavy atom. The van der Waals surface area contributed by atoms with Crippen molar-refractivity contribution < 1.29 is 19.0 Å². The maximum absolute atomic E-state index is 12.1. The monoisotopic (exact) mass is 292 g/mol. The van der Waals surface area contributed by atoms with Gasteiger partial charge >= 0.3 is 5.97 Å². The lowest BCUT2D eigenvalue weighted by molar-refractivity contribution is -0.142. The average Bonchev–Trinajstić information content (AvgIpc) is 2.48. The van der Waals surface area contributed by atoms with E-state index in [0.29, 0.717) is 31.5 Å². The third-order valence-corrected chi connectivity index (χ3v) is 3.54. The molecule has 1 heterocycles. The summed E-state index contributed by atoms with van der Waals surface area (Å²) in [6.45, 7) is 6.27. The number of esters is 1. The summed E-state index contributed by atoms with van der Waals surface area (Å²) < 4.78 is 16.4. The van der Waals surface area contributed by atoms with E-state index in [0.717, 1.165) is 25.0 Å². The van der Waals surface area contributed by atoms with Crippen molar-refractivity contribution in [1.82, 2.24) is 0 Å². The van der Waals surface area contributed by atoms with Crippen LogP contribution in [0.2, 0.25) is 0 Å². The predicted molar refractivity (Wildman–Crippen MR) is 80.6 cm³/mol. The van der Waals surface area contributed by atoms with E-state index in [4.69, 9.17) is 14.2 Å². The molecule has 0 amide bonds. The molecule has 1 fully saturated rings. The minimum absolute atomic E-state index is 0.0516. The van der Waals surface area contributed by atoms with Gasteiger partial charge in [0, 0.05) is 19.3 Å². The molecule has 116 valence electrons. The summed E-state index contributed by atoms with van der Waals surface area (Å²) >= 11 is 0. The number of benzene rings is 1. The Hall–Kier alpha value is -1.55. The molecule has 21 heavy (non-hydrogen) atoms. The van der Waals surface area contributed by atoms with Gasteiger partial charge in [0.15, 0.2) is 0 Å². The topological polar surface area (TPSA) is 44.8 Å². The molecule has 0 bridgehead atoms. The Balaban J connectivity index is 1.86. The van der Waals surface area contributed by atoms with Crippen molar-refractivity contribution in [3.05, 3.63) is 24.3 Å². The summed E-state index contributed by atoms with van der Waals surface area (Å²) in [7, 11) is 0. The molecule has 0 spiro atoms. The Kier molecular flexibility index (Phi) is 6.05. The summed E-state index contributed by atoms with van der Waals surface area (Å²) in [6.07, 6.45) is 2.49. The van der Waals surface area contributed by atoms with Gasteiger partial charge in [-0.1, -0.05) is 19.9 Å². The van der Waals surface area contributed by atoms with Crippen LogP contribution < -0.4 is 9.47 Å². The van der Waals surface area contributed by atoms with E-state index in [1.807, 2.05) is 12.1 Å². The van der Waals surface area contributed by atoms with E-state index < -0.39 is 0 Å². The van der Waals surface area contributed by atoms with Crippen molar-refractivity contribution in [2.45, 2.75) is 33.1 Å². The van der Waals surface area contributed by atoms with Crippen LogP contribution in [0, 0.1) is 11.8 Å². The van der Waals surface area contributed by atoms with Crippen LogP contribution in [0.1, 0.15) is 33.1 Å². The molecule has 0 N–H and O–H groups in total. The fourth-order valence-electron chi connectivity index (χ4n) is 2.17. The molecule has 2 rings (SSSR count). The molecule has 0 aliphatic carbocycles. The van der Waals surface area contributed by atoms with Gasteiger partial charge in [-0.15, -0.1) is 0 Å². The SMILES string of the molecule is CC(C)CCOc1cccc(OC(=O)C2CCOCC2)c1. The van der Waals surface area contributed by atoms with Crippen molar-refractivity contribution in [2.24, 2.45) is 11.8 Å². The van der Waals surface area contributed by atoms with Crippen LogP contribution in [0.4, 0.5) is 0 Å². The van der Waals surface area contributed by atoms with Gasteiger partial charge in [-0.2, -0.15) is 0 Å². The first-order chi connectivity index (χ1) is 10.1. The fraction of sp³-hybridized carbons (Fsp3) is 0.588. The molecule has 1 aliphatic rings. The number of hydrogen-bond donors (Lipinski definition) is 0. The zero-order chi connectivity index (χ0) is 15.1. The molecule has 4 heteroatoms. The lowest BCUT2D eigenvalue weighted by Crippen LogP contribution is -2.27. The summed E-state index contributed by atoms with van der Waals surface area (Å²) in [4.78, 5) is 12.1. The fourth-order valence-corrected chi connectivity index (χ4v) is 2.17. The summed E-state index contributed by atoms with van der Waals surface area (Å²) in [5.41, 5.74) is 0.